The first kappa shape index (κ1) is 11.2. The fourth-order valence-corrected chi connectivity index (χ4v) is 1.65. The van der Waals surface area contributed by atoms with Gasteiger partial charge in [-0.05, 0) is 12.8 Å². The highest BCUT2D eigenvalue weighted by Gasteiger charge is 2.30. The van der Waals surface area contributed by atoms with Crippen LogP contribution in [0.5, 0.6) is 0 Å². The minimum Gasteiger partial charge on any atom is -0.445 e. The number of benzene rings is 1. The van der Waals surface area contributed by atoms with Crippen molar-refractivity contribution in [2.75, 3.05) is 0 Å². The van der Waals surface area contributed by atoms with E-state index in [9.17, 15) is 12.9 Å². The highest BCUT2D eigenvalue weighted by molar-refractivity contribution is 6.74. The lowest BCUT2D eigenvalue weighted by Crippen LogP contribution is -2.39. The van der Waals surface area contributed by atoms with Crippen LogP contribution in [0.1, 0.15) is 30.9 Å². The predicted octanol–water partition coefficient (Wildman–Crippen LogP) is 3.17. The number of aryl methyl sites for hydroxylation is 1. The van der Waals surface area contributed by atoms with E-state index >= 15 is 0 Å². The van der Waals surface area contributed by atoms with E-state index in [4.69, 9.17) is 0 Å². The molecule has 0 fully saturated rings. The molecule has 0 aliphatic carbocycles. The molecular weight excluding hydrogens is 188 g/mol. The van der Waals surface area contributed by atoms with E-state index in [1.165, 1.54) is 13.0 Å². The van der Waals surface area contributed by atoms with Gasteiger partial charge in [0, 0.05) is 0 Å². The van der Waals surface area contributed by atoms with Gasteiger partial charge >= 0.3 is 6.98 Å². The van der Waals surface area contributed by atoms with E-state index in [-0.39, 0.29) is 5.92 Å². The van der Waals surface area contributed by atoms with Gasteiger partial charge in [-0.25, -0.2) is 0 Å². The average Bonchev–Trinajstić information content (AvgIpc) is 2.01. The smallest absolute Gasteiger partial charge is 0.445 e. The molecule has 0 saturated carbocycles. The molecule has 14 heavy (non-hydrogen) atoms. The lowest BCUT2D eigenvalue weighted by Gasteiger charge is -2.24. The molecule has 0 nitrogen and oxygen atoms in total. The Balaban J connectivity index is 3.38. The van der Waals surface area contributed by atoms with Crippen molar-refractivity contribution in [3.8, 4) is 0 Å². The standard InChI is InChI=1S/C10H13BF3/c1-7(2)9-6-4-5-8(3)10(9)11(12,13)14/h4-7H,1-3H3/q-1. The molecule has 1 aromatic carbocycles. The maximum absolute atomic E-state index is 12.7. The molecule has 0 heterocycles. The molecule has 0 spiro atoms. The summed E-state index contributed by atoms with van der Waals surface area (Å²) in [7, 11) is 0. The molecule has 78 valence electrons. The van der Waals surface area contributed by atoms with Crippen molar-refractivity contribution in [3.05, 3.63) is 29.3 Å². The third-order valence-corrected chi connectivity index (χ3v) is 2.31. The first-order valence-electron chi connectivity index (χ1n) is 4.63. The third-order valence-electron chi connectivity index (χ3n) is 2.31. The second-order valence-electron chi connectivity index (χ2n) is 3.81. The van der Waals surface area contributed by atoms with Crippen LogP contribution in [0.3, 0.4) is 0 Å². The summed E-state index contributed by atoms with van der Waals surface area (Å²) < 4.78 is 38.2. The van der Waals surface area contributed by atoms with Gasteiger partial charge in [0.25, 0.3) is 0 Å². The molecule has 1 aromatic rings. The van der Waals surface area contributed by atoms with E-state index in [1.54, 1.807) is 26.0 Å². The van der Waals surface area contributed by atoms with Crippen LogP contribution >= 0.6 is 0 Å². The summed E-state index contributed by atoms with van der Waals surface area (Å²) in [6.07, 6.45) is 0. The van der Waals surface area contributed by atoms with E-state index in [0.717, 1.165) is 0 Å². The summed E-state index contributed by atoms with van der Waals surface area (Å²) in [5.74, 6) is -0.0894. The lowest BCUT2D eigenvalue weighted by atomic mass is 9.72. The summed E-state index contributed by atoms with van der Waals surface area (Å²) in [5, 5.41) is 0. The molecule has 0 unspecified atom stereocenters. The van der Waals surface area contributed by atoms with Crippen molar-refractivity contribution in [3.63, 3.8) is 0 Å². The van der Waals surface area contributed by atoms with Crippen LogP contribution in [0, 0.1) is 6.92 Å². The first-order valence-corrected chi connectivity index (χ1v) is 4.63. The van der Waals surface area contributed by atoms with Crippen LogP contribution in [0.25, 0.3) is 0 Å². The van der Waals surface area contributed by atoms with Crippen molar-refractivity contribution in [2.45, 2.75) is 26.7 Å². The van der Waals surface area contributed by atoms with Crippen LogP contribution in [0.2, 0.25) is 0 Å². The zero-order valence-electron chi connectivity index (χ0n) is 8.52. The molecule has 0 aliphatic heterocycles. The van der Waals surface area contributed by atoms with Crippen LogP contribution in [-0.4, -0.2) is 6.98 Å². The summed E-state index contributed by atoms with van der Waals surface area (Å²) in [6.45, 7) is 0.173. The molecule has 0 bridgehead atoms. The third kappa shape index (κ3) is 2.11. The quantitative estimate of drug-likeness (QED) is 0.644. The molecular formula is C10H13BF3-. The van der Waals surface area contributed by atoms with Gasteiger partial charge in [-0.1, -0.05) is 43.2 Å². The average molecular weight is 201 g/mol. The molecule has 4 heteroatoms. The lowest BCUT2D eigenvalue weighted by molar-refractivity contribution is 0.499. The molecule has 0 radical (unpaired) electrons. The zero-order chi connectivity index (χ0) is 10.9. The van der Waals surface area contributed by atoms with Gasteiger partial charge in [-0.2, -0.15) is 0 Å². The van der Waals surface area contributed by atoms with E-state index < -0.39 is 12.4 Å². The van der Waals surface area contributed by atoms with Crippen molar-refractivity contribution in [2.24, 2.45) is 0 Å². The van der Waals surface area contributed by atoms with Crippen LogP contribution < -0.4 is 5.46 Å². The maximum Gasteiger partial charge on any atom is 0.510 e. The van der Waals surface area contributed by atoms with Gasteiger partial charge < -0.3 is 12.9 Å². The summed E-state index contributed by atoms with van der Waals surface area (Å²) in [5.41, 5.74) is 0.309. The molecule has 1 rings (SSSR count). The maximum atomic E-state index is 12.7. The molecule has 0 N–H and O–H groups in total. The van der Waals surface area contributed by atoms with E-state index in [0.29, 0.717) is 11.1 Å². The van der Waals surface area contributed by atoms with Crippen LogP contribution in [0.15, 0.2) is 18.2 Å². The second kappa shape index (κ2) is 3.68. The predicted molar refractivity (Wildman–Crippen MR) is 54.0 cm³/mol. The Labute approximate surface area is 82.2 Å². The Morgan fingerprint density at radius 1 is 1.14 bits per heavy atom. The molecule has 0 aliphatic rings. The Morgan fingerprint density at radius 2 is 1.71 bits per heavy atom. The summed E-state index contributed by atoms with van der Waals surface area (Å²) in [4.78, 5) is 0. The van der Waals surface area contributed by atoms with Crippen molar-refractivity contribution < 1.29 is 12.9 Å². The van der Waals surface area contributed by atoms with Crippen molar-refractivity contribution >= 4 is 12.4 Å². The van der Waals surface area contributed by atoms with Crippen molar-refractivity contribution in [1.82, 2.24) is 0 Å². The second-order valence-corrected chi connectivity index (χ2v) is 3.81. The van der Waals surface area contributed by atoms with Gasteiger partial charge in [-0.3, -0.25) is 0 Å². The van der Waals surface area contributed by atoms with Crippen LogP contribution in [-0.2, 0) is 0 Å². The fourth-order valence-electron chi connectivity index (χ4n) is 1.65. The highest BCUT2D eigenvalue weighted by Crippen LogP contribution is 2.20. The number of rotatable bonds is 2. The number of hydrogen-bond acceptors (Lipinski definition) is 0. The topological polar surface area (TPSA) is 0 Å². The monoisotopic (exact) mass is 201 g/mol. The van der Waals surface area contributed by atoms with E-state index in [1.807, 2.05) is 0 Å². The van der Waals surface area contributed by atoms with Gasteiger partial charge in [0.15, 0.2) is 0 Å². The molecule has 0 atom stereocenters. The Bertz CT molecular complexity index is 329. The minimum atomic E-state index is -4.89. The Hall–Kier alpha value is -0.925. The highest BCUT2D eigenvalue weighted by atomic mass is 19.4. The molecule has 0 amide bonds. The Morgan fingerprint density at radius 3 is 2.07 bits per heavy atom. The summed E-state index contributed by atoms with van der Waals surface area (Å²) in [6, 6.07) is 4.74. The molecule has 0 aromatic heterocycles. The van der Waals surface area contributed by atoms with Gasteiger partial charge in [0.1, 0.15) is 0 Å². The largest absolute Gasteiger partial charge is 0.510 e. The van der Waals surface area contributed by atoms with E-state index in [2.05, 4.69) is 0 Å². The van der Waals surface area contributed by atoms with Gasteiger partial charge in [0.2, 0.25) is 0 Å². The van der Waals surface area contributed by atoms with Crippen LogP contribution in [0.4, 0.5) is 12.9 Å². The number of halogens is 3. The number of hydrogen-bond donors (Lipinski definition) is 0. The normalized spacial score (nSPS) is 12.2. The van der Waals surface area contributed by atoms with Crippen molar-refractivity contribution in [1.29, 1.82) is 0 Å². The first-order chi connectivity index (χ1) is 6.34. The SMILES string of the molecule is Cc1cccc(C(C)C)c1[B-](F)(F)F. The van der Waals surface area contributed by atoms with Gasteiger partial charge in [0.05, 0.1) is 0 Å². The minimum absolute atomic E-state index is 0.0894. The summed E-state index contributed by atoms with van der Waals surface area (Å²) >= 11 is 0. The van der Waals surface area contributed by atoms with Gasteiger partial charge in [-0.15, -0.1) is 5.46 Å². The molecule has 0 saturated heterocycles. The zero-order valence-corrected chi connectivity index (χ0v) is 8.52. The fraction of sp³-hybridized carbons (Fsp3) is 0.400. The Kier molecular flexibility index (Phi) is 2.93.